The van der Waals surface area contributed by atoms with Crippen LogP contribution in [0.5, 0.6) is 0 Å². The minimum absolute atomic E-state index is 0.0773. The third kappa shape index (κ3) is 4.39. The summed E-state index contributed by atoms with van der Waals surface area (Å²) in [7, 11) is 0. The van der Waals surface area contributed by atoms with E-state index in [1.165, 1.54) is 10.4 Å². The summed E-state index contributed by atoms with van der Waals surface area (Å²) in [5, 5.41) is 2.13. The smallest absolute Gasteiger partial charge is 0.0503 e. The maximum atomic E-state index is 6.32. The molecule has 0 saturated heterocycles. The summed E-state index contributed by atoms with van der Waals surface area (Å²) in [4.78, 5) is 3.87. The first-order valence-electron chi connectivity index (χ1n) is 7.28. The zero-order chi connectivity index (χ0) is 15.4. The van der Waals surface area contributed by atoms with Gasteiger partial charge < -0.3 is 5.73 Å². The van der Waals surface area contributed by atoms with Gasteiger partial charge in [-0.25, -0.2) is 0 Å². The molecule has 0 spiro atoms. The van der Waals surface area contributed by atoms with Crippen molar-refractivity contribution in [2.45, 2.75) is 45.4 Å². The SMILES string of the molecule is CC(N)C(c1ccc(Br)cc1)N(Cc1cccs1)C(C)C. The predicted molar refractivity (Wildman–Crippen MR) is 95.5 cm³/mol. The average Bonchev–Trinajstić information content (AvgIpc) is 2.92. The third-order valence-corrected chi connectivity index (χ3v) is 5.04. The largest absolute Gasteiger partial charge is 0.326 e. The molecule has 21 heavy (non-hydrogen) atoms. The Hall–Kier alpha value is -0.680. The molecule has 0 radical (unpaired) electrons. The highest BCUT2D eigenvalue weighted by atomic mass is 79.9. The maximum Gasteiger partial charge on any atom is 0.0503 e. The molecule has 0 aliphatic heterocycles. The van der Waals surface area contributed by atoms with Gasteiger partial charge in [-0.1, -0.05) is 34.1 Å². The van der Waals surface area contributed by atoms with Crippen LogP contribution in [0.15, 0.2) is 46.3 Å². The van der Waals surface area contributed by atoms with Crippen molar-refractivity contribution in [2.24, 2.45) is 5.73 Å². The number of nitrogens with two attached hydrogens (primary N) is 1. The number of nitrogens with zero attached hydrogens (tertiary/aromatic N) is 1. The Balaban J connectivity index is 2.30. The quantitative estimate of drug-likeness (QED) is 0.794. The molecule has 1 heterocycles. The van der Waals surface area contributed by atoms with E-state index in [4.69, 9.17) is 5.73 Å². The lowest BCUT2D eigenvalue weighted by Crippen LogP contribution is -2.42. The van der Waals surface area contributed by atoms with Gasteiger partial charge in [0.15, 0.2) is 0 Å². The Bertz CT molecular complexity index is 534. The molecule has 114 valence electrons. The molecule has 1 aromatic heterocycles. The average molecular weight is 367 g/mol. The molecule has 2 rings (SSSR count). The van der Waals surface area contributed by atoms with Gasteiger partial charge in [-0.2, -0.15) is 0 Å². The van der Waals surface area contributed by atoms with E-state index < -0.39 is 0 Å². The number of thiophene rings is 1. The van der Waals surface area contributed by atoms with Crippen molar-refractivity contribution < 1.29 is 0 Å². The molecule has 0 amide bonds. The summed E-state index contributed by atoms with van der Waals surface area (Å²) in [5.74, 6) is 0. The fourth-order valence-electron chi connectivity index (χ4n) is 2.64. The van der Waals surface area contributed by atoms with Crippen molar-refractivity contribution in [1.29, 1.82) is 0 Å². The van der Waals surface area contributed by atoms with Crippen molar-refractivity contribution in [3.8, 4) is 0 Å². The summed E-state index contributed by atoms with van der Waals surface area (Å²) in [6.45, 7) is 7.51. The van der Waals surface area contributed by atoms with E-state index in [0.717, 1.165) is 11.0 Å². The van der Waals surface area contributed by atoms with Crippen LogP contribution in [0.25, 0.3) is 0 Å². The first kappa shape index (κ1) is 16.7. The molecule has 0 bridgehead atoms. The van der Waals surface area contributed by atoms with Crippen LogP contribution in [0.4, 0.5) is 0 Å². The monoisotopic (exact) mass is 366 g/mol. The highest BCUT2D eigenvalue weighted by Gasteiger charge is 2.26. The third-order valence-electron chi connectivity index (χ3n) is 3.65. The summed E-state index contributed by atoms with van der Waals surface area (Å²) in [6, 6.07) is 13.6. The second kappa shape index (κ2) is 7.54. The summed E-state index contributed by atoms with van der Waals surface area (Å²) >= 11 is 5.31. The van der Waals surface area contributed by atoms with E-state index in [1.54, 1.807) is 11.3 Å². The molecule has 0 fully saturated rings. The maximum absolute atomic E-state index is 6.32. The highest BCUT2D eigenvalue weighted by Crippen LogP contribution is 2.29. The lowest BCUT2D eigenvalue weighted by Gasteiger charge is -2.37. The van der Waals surface area contributed by atoms with E-state index in [9.17, 15) is 0 Å². The number of hydrogen-bond acceptors (Lipinski definition) is 3. The van der Waals surface area contributed by atoms with Crippen molar-refractivity contribution >= 4 is 27.3 Å². The van der Waals surface area contributed by atoms with Gasteiger partial charge in [0, 0.05) is 28.0 Å². The van der Waals surface area contributed by atoms with Crippen LogP contribution in [0.3, 0.4) is 0 Å². The van der Waals surface area contributed by atoms with Crippen LogP contribution in [0, 0.1) is 0 Å². The van der Waals surface area contributed by atoms with Gasteiger partial charge in [-0.15, -0.1) is 11.3 Å². The molecular weight excluding hydrogens is 344 g/mol. The highest BCUT2D eigenvalue weighted by molar-refractivity contribution is 9.10. The van der Waals surface area contributed by atoms with E-state index in [-0.39, 0.29) is 12.1 Å². The zero-order valence-corrected chi connectivity index (χ0v) is 15.2. The molecular formula is C17H23BrN2S. The van der Waals surface area contributed by atoms with E-state index in [0.29, 0.717) is 6.04 Å². The molecule has 4 heteroatoms. The van der Waals surface area contributed by atoms with Gasteiger partial charge in [0.2, 0.25) is 0 Å². The van der Waals surface area contributed by atoms with Gasteiger partial charge in [0.1, 0.15) is 0 Å². The van der Waals surface area contributed by atoms with E-state index in [2.05, 4.69) is 83.4 Å². The molecule has 0 saturated carbocycles. The fraction of sp³-hybridized carbons (Fsp3) is 0.412. The molecule has 2 nitrogen and oxygen atoms in total. The molecule has 1 aromatic carbocycles. The van der Waals surface area contributed by atoms with Gasteiger partial charge >= 0.3 is 0 Å². The van der Waals surface area contributed by atoms with Crippen molar-refractivity contribution in [1.82, 2.24) is 4.90 Å². The van der Waals surface area contributed by atoms with E-state index in [1.807, 2.05) is 0 Å². The van der Waals surface area contributed by atoms with Crippen LogP contribution in [-0.2, 0) is 6.54 Å². The summed E-state index contributed by atoms with van der Waals surface area (Å²) < 4.78 is 1.10. The second-order valence-electron chi connectivity index (χ2n) is 5.70. The van der Waals surface area contributed by atoms with Crippen LogP contribution in [-0.4, -0.2) is 17.0 Å². The van der Waals surface area contributed by atoms with Gasteiger partial charge in [0.05, 0.1) is 6.04 Å². The Labute approximate surface area is 140 Å². The molecule has 2 atom stereocenters. The normalized spacial score (nSPS) is 14.6. The van der Waals surface area contributed by atoms with Crippen LogP contribution in [0.1, 0.15) is 37.3 Å². The van der Waals surface area contributed by atoms with Crippen molar-refractivity contribution in [3.63, 3.8) is 0 Å². The first-order chi connectivity index (χ1) is 9.99. The topological polar surface area (TPSA) is 29.3 Å². The first-order valence-corrected chi connectivity index (χ1v) is 8.95. The Morgan fingerprint density at radius 3 is 2.29 bits per heavy atom. The second-order valence-corrected chi connectivity index (χ2v) is 7.65. The number of rotatable bonds is 6. The van der Waals surface area contributed by atoms with Crippen molar-refractivity contribution in [2.75, 3.05) is 0 Å². The van der Waals surface area contributed by atoms with Crippen LogP contribution >= 0.6 is 27.3 Å². The van der Waals surface area contributed by atoms with Crippen LogP contribution in [0.2, 0.25) is 0 Å². The van der Waals surface area contributed by atoms with Gasteiger partial charge in [-0.05, 0) is 49.9 Å². The Kier molecular flexibility index (Phi) is 5.99. The number of hydrogen-bond donors (Lipinski definition) is 1. The molecule has 2 unspecified atom stereocenters. The van der Waals surface area contributed by atoms with Crippen LogP contribution < -0.4 is 5.73 Å². The molecule has 0 aliphatic carbocycles. The molecule has 2 N–H and O–H groups in total. The lowest BCUT2D eigenvalue weighted by molar-refractivity contribution is 0.128. The fourth-order valence-corrected chi connectivity index (χ4v) is 3.62. The summed E-state index contributed by atoms with van der Waals surface area (Å²) in [6.07, 6.45) is 0. The molecule has 2 aromatic rings. The number of benzene rings is 1. The Morgan fingerprint density at radius 1 is 1.14 bits per heavy atom. The van der Waals surface area contributed by atoms with Gasteiger partial charge in [-0.3, -0.25) is 4.90 Å². The van der Waals surface area contributed by atoms with Gasteiger partial charge in [0.25, 0.3) is 0 Å². The van der Waals surface area contributed by atoms with E-state index >= 15 is 0 Å². The molecule has 0 aliphatic rings. The summed E-state index contributed by atoms with van der Waals surface area (Å²) in [5.41, 5.74) is 7.60. The zero-order valence-electron chi connectivity index (χ0n) is 12.8. The minimum atomic E-state index is 0.0773. The Morgan fingerprint density at radius 2 is 1.81 bits per heavy atom. The lowest BCUT2D eigenvalue weighted by atomic mass is 9.97. The number of halogens is 1. The standard InChI is InChI=1S/C17H23BrN2S/c1-12(2)20(11-16-5-4-10-21-16)17(13(3)19)14-6-8-15(18)9-7-14/h4-10,12-13,17H,11,19H2,1-3H3. The van der Waals surface area contributed by atoms with Crippen molar-refractivity contribution in [3.05, 3.63) is 56.7 Å². The predicted octanol–water partition coefficient (Wildman–Crippen LogP) is 4.81. The minimum Gasteiger partial charge on any atom is -0.326 e.